The Morgan fingerprint density at radius 1 is 0.411 bits per heavy atom. The second kappa shape index (κ2) is 45.7. The van der Waals surface area contributed by atoms with Crippen molar-refractivity contribution in [2.45, 2.75) is 168 Å². The molecule has 56 heavy (non-hydrogen) atoms. The number of carbonyl (C=O) groups excluding carboxylic acids is 2. The first-order chi connectivity index (χ1) is 27.6. The van der Waals surface area contributed by atoms with Crippen molar-refractivity contribution in [1.82, 2.24) is 0 Å². The molecule has 0 heterocycles. The minimum absolute atomic E-state index is 0.00617. The molecule has 0 saturated carbocycles. The molecule has 0 spiro atoms. The fourth-order valence-corrected chi connectivity index (χ4v) is 5.28. The smallest absolute Gasteiger partial charge is 0.306 e. The van der Waals surface area contributed by atoms with Gasteiger partial charge in [-0.15, -0.1) is 0 Å². The zero-order valence-electron chi connectivity index (χ0n) is 35.8. The molecule has 0 rings (SSSR count). The van der Waals surface area contributed by atoms with Crippen molar-refractivity contribution in [3.63, 3.8) is 0 Å². The Bertz CT molecular complexity index is 1190. The summed E-state index contributed by atoms with van der Waals surface area (Å²) in [7, 11) is 0. The van der Waals surface area contributed by atoms with Crippen molar-refractivity contribution in [2.75, 3.05) is 19.8 Å². The zero-order chi connectivity index (χ0) is 40.7. The van der Waals surface area contributed by atoms with Crippen LogP contribution < -0.4 is 0 Å². The minimum Gasteiger partial charge on any atom is -0.462 e. The van der Waals surface area contributed by atoms with Crippen LogP contribution in [0.1, 0.15) is 162 Å². The highest BCUT2D eigenvalue weighted by molar-refractivity contribution is 5.70. The highest BCUT2D eigenvalue weighted by atomic mass is 16.6. The average molecular weight is 773 g/mol. The molecule has 5 heteroatoms. The van der Waals surface area contributed by atoms with Gasteiger partial charge in [-0.2, -0.15) is 0 Å². The fourth-order valence-electron chi connectivity index (χ4n) is 5.28. The normalized spacial score (nSPS) is 13.4. The standard InChI is InChI=1S/C51H80O5/c1-4-7-10-13-16-19-22-25-28-31-34-37-40-43-46-54-47-49(56-51(53)45-42-39-36-33-30-27-24-21-18-15-12-9-6-3)48-55-50(52)44-41-38-35-32-29-26-23-20-17-14-11-8-5-2/h8-13,17-22,26-27,29-30,35-36,38-39,49H,4-7,14-16,23-25,28,31-34,37,40-48H2,1-3H3/b11-8-,12-9-,13-10-,20-17-,21-18-,22-19-,29-26-,30-27-,38-35-,39-36-. The molecule has 1 unspecified atom stereocenters. The second-order valence-corrected chi connectivity index (χ2v) is 13.8. The van der Waals surface area contributed by atoms with E-state index in [0.29, 0.717) is 19.4 Å². The minimum atomic E-state index is -0.614. The maximum atomic E-state index is 12.7. The number of hydrogen-bond acceptors (Lipinski definition) is 5. The number of allylic oxidation sites excluding steroid dienone is 20. The summed E-state index contributed by atoms with van der Waals surface area (Å²) < 4.78 is 17.1. The van der Waals surface area contributed by atoms with E-state index in [0.717, 1.165) is 77.0 Å². The van der Waals surface area contributed by atoms with E-state index in [-0.39, 0.29) is 38.0 Å². The molecule has 5 nitrogen and oxygen atoms in total. The molecule has 1 atom stereocenters. The Hall–Kier alpha value is -3.70. The topological polar surface area (TPSA) is 61.8 Å². The van der Waals surface area contributed by atoms with Gasteiger partial charge in [-0.3, -0.25) is 9.59 Å². The third-order valence-electron chi connectivity index (χ3n) is 8.47. The summed E-state index contributed by atoms with van der Waals surface area (Å²) in [5.41, 5.74) is 0. The van der Waals surface area contributed by atoms with Crippen molar-refractivity contribution in [1.29, 1.82) is 0 Å². The monoisotopic (exact) mass is 773 g/mol. The molecule has 0 fully saturated rings. The quantitative estimate of drug-likeness (QED) is 0.0355. The molecule has 0 aliphatic carbocycles. The SMILES string of the molecule is CC/C=C\C/C=C\C/C=C\C/C=C\CCC(=O)OCC(COCCCCCCCC/C=C\C/C=C\CCC)OC(=O)CC/C=C\C/C=C\C/C=C\C/C=C\CC. The molecule has 0 aromatic rings. The second-order valence-electron chi connectivity index (χ2n) is 13.8. The Morgan fingerprint density at radius 3 is 1.29 bits per heavy atom. The number of rotatable bonds is 38. The van der Waals surface area contributed by atoms with E-state index in [4.69, 9.17) is 14.2 Å². The highest BCUT2D eigenvalue weighted by Crippen LogP contribution is 2.09. The summed E-state index contributed by atoms with van der Waals surface area (Å²) >= 11 is 0. The van der Waals surface area contributed by atoms with E-state index in [1.54, 1.807) is 0 Å². The van der Waals surface area contributed by atoms with Crippen LogP contribution in [0, 0.1) is 0 Å². The van der Waals surface area contributed by atoms with Crippen molar-refractivity contribution >= 4 is 11.9 Å². The summed E-state index contributed by atoms with van der Waals surface area (Å²) in [6, 6.07) is 0. The van der Waals surface area contributed by atoms with Gasteiger partial charge in [0.1, 0.15) is 6.61 Å². The molecule has 0 saturated heterocycles. The lowest BCUT2D eigenvalue weighted by Crippen LogP contribution is -2.30. The van der Waals surface area contributed by atoms with Gasteiger partial charge in [0.25, 0.3) is 0 Å². The van der Waals surface area contributed by atoms with E-state index in [2.05, 4.69) is 130 Å². The van der Waals surface area contributed by atoms with E-state index >= 15 is 0 Å². The van der Waals surface area contributed by atoms with Crippen molar-refractivity contribution in [2.24, 2.45) is 0 Å². The average Bonchev–Trinajstić information content (AvgIpc) is 3.20. The van der Waals surface area contributed by atoms with Crippen LogP contribution in [0.4, 0.5) is 0 Å². The molecule has 0 N–H and O–H groups in total. The maximum Gasteiger partial charge on any atom is 0.306 e. The number of ether oxygens (including phenoxy) is 3. The van der Waals surface area contributed by atoms with Gasteiger partial charge in [0.15, 0.2) is 6.10 Å². The van der Waals surface area contributed by atoms with Gasteiger partial charge in [-0.25, -0.2) is 0 Å². The molecular weight excluding hydrogens is 693 g/mol. The Morgan fingerprint density at radius 2 is 0.804 bits per heavy atom. The van der Waals surface area contributed by atoms with Gasteiger partial charge < -0.3 is 14.2 Å². The summed E-state index contributed by atoms with van der Waals surface area (Å²) in [4.78, 5) is 25.1. The predicted molar refractivity (Wildman–Crippen MR) is 242 cm³/mol. The van der Waals surface area contributed by atoms with Gasteiger partial charge in [-0.05, 0) is 96.3 Å². The van der Waals surface area contributed by atoms with E-state index < -0.39 is 6.10 Å². The summed E-state index contributed by atoms with van der Waals surface area (Å²) in [6.07, 6.45) is 63.7. The van der Waals surface area contributed by atoms with Gasteiger partial charge >= 0.3 is 11.9 Å². The molecule has 0 aromatic carbocycles. The molecule has 0 amide bonds. The first kappa shape index (κ1) is 52.3. The number of carbonyl (C=O) groups is 2. The van der Waals surface area contributed by atoms with Crippen LogP contribution in [-0.4, -0.2) is 37.9 Å². The Labute approximate surface area is 344 Å². The van der Waals surface area contributed by atoms with Crippen LogP contribution in [0.3, 0.4) is 0 Å². The maximum absolute atomic E-state index is 12.7. The fraction of sp³-hybridized carbons (Fsp3) is 0.569. The third-order valence-corrected chi connectivity index (χ3v) is 8.47. The Kier molecular flexibility index (Phi) is 42.7. The van der Waals surface area contributed by atoms with Gasteiger partial charge in [-0.1, -0.05) is 174 Å². The van der Waals surface area contributed by atoms with Crippen molar-refractivity contribution in [3.8, 4) is 0 Å². The summed E-state index contributed by atoms with van der Waals surface area (Å²) in [5, 5.41) is 0. The largest absolute Gasteiger partial charge is 0.462 e. The third kappa shape index (κ3) is 43.0. The molecule has 314 valence electrons. The lowest BCUT2D eigenvalue weighted by atomic mass is 10.1. The molecule has 0 radical (unpaired) electrons. The van der Waals surface area contributed by atoms with Crippen molar-refractivity contribution in [3.05, 3.63) is 122 Å². The van der Waals surface area contributed by atoms with Crippen molar-refractivity contribution < 1.29 is 23.8 Å². The predicted octanol–water partition coefficient (Wildman–Crippen LogP) is 14.7. The van der Waals surface area contributed by atoms with E-state index in [1.165, 1.54) is 38.5 Å². The summed E-state index contributed by atoms with van der Waals surface area (Å²) in [6.45, 7) is 7.32. The van der Waals surface area contributed by atoms with Crippen LogP contribution >= 0.6 is 0 Å². The van der Waals surface area contributed by atoms with Crippen LogP contribution in [0.25, 0.3) is 0 Å². The lowest BCUT2D eigenvalue weighted by molar-refractivity contribution is -0.162. The van der Waals surface area contributed by atoms with E-state index in [1.807, 2.05) is 12.2 Å². The molecule has 0 aliphatic rings. The number of esters is 2. The lowest BCUT2D eigenvalue weighted by Gasteiger charge is -2.18. The highest BCUT2D eigenvalue weighted by Gasteiger charge is 2.17. The first-order valence-corrected chi connectivity index (χ1v) is 22.1. The van der Waals surface area contributed by atoms with Gasteiger partial charge in [0.2, 0.25) is 0 Å². The van der Waals surface area contributed by atoms with Crippen LogP contribution in [0.5, 0.6) is 0 Å². The van der Waals surface area contributed by atoms with Crippen LogP contribution in [0.15, 0.2) is 122 Å². The molecule has 0 aromatic heterocycles. The Balaban J connectivity index is 4.51. The van der Waals surface area contributed by atoms with E-state index in [9.17, 15) is 9.59 Å². The first-order valence-electron chi connectivity index (χ1n) is 22.1. The van der Waals surface area contributed by atoms with Gasteiger partial charge in [0, 0.05) is 19.4 Å². The molecule has 0 bridgehead atoms. The molecule has 0 aliphatic heterocycles. The van der Waals surface area contributed by atoms with Gasteiger partial charge in [0.05, 0.1) is 6.61 Å². The zero-order valence-corrected chi connectivity index (χ0v) is 35.8. The number of hydrogen-bond donors (Lipinski definition) is 0. The number of unbranched alkanes of at least 4 members (excludes halogenated alkanes) is 7. The molecular formula is C51H80O5. The van der Waals surface area contributed by atoms with Crippen LogP contribution in [0.2, 0.25) is 0 Å². The van der Waals surface area contributed by atoms with Crippen LogP contribution in [-0.2, 0) is 23.8 Å². The summed E-state index contributed by atoms with van der Waals surface area (Å²) in [5.74, 6) is -0.604.